The highest BCUT2D eigenvalue weighted by atomic mass is 19.1. The maximum Gasteiger partial charge on any atom is 0.225 e. The molecule has 2 saturated carbocycles. The summed E-state index contributed by atoms with van der Waals surface area (Å²) in [6.07, 6.45) is 6.82. The second-order valence-corrected chi connectivity index (χ2v) is 12.5. The molecule has 1 aromatic heterocycles. The summed E-state index contributed by atoms with van der Waals surface area (Å²) < 4.78 is 15.4. The summed E-state index contributed by atoms with van der Waals surface area (Å²) in [7, 11) is 1.88. The van der Waals surface area contributed by atoms with E-state index in [2.05, 4.69) is 10.3 Å². The zero-order chi connectivity index (χ0) is 30.1. The molecule has 2 amide bonds. The Labute approximate surface area is 247 Å². The summed E-state index contributed by atoms with van der Waals surface area (Å²) in [5.41, 5.74) is 8.18. The van der Waals surface area contributed by atoms with E-state index in [0.717, 1.165) is 42.4 Å². The molecule has 0 bridgehead atoms. The summed E-state index contributed by atoms with van der Waals surface area (Å²) in [5.74, 6) is 0.373. The van der Waals surface area contributed by atoms with Crippen LogP contribution in [-0.2, 0) is 15.1 Å². The van der Waals surface area contributed by atoms with Gasteiger partial charge in [-0.15, -0.1) is 0 Å². The van der Waals surface area contributed by atoms with Crippen LogP contribution in [0.1, 0.15) is 70.8 Å². The molecule has 42 heavy (non-hydrogen) atoms. The van der Waals surface area contributed by atoms with E-state index in [0.29, 0.717) is 42.6 Å². The highest BCUT2D eigenvalue weighted by Crippen LogP contribution is 2.47. The molecule has 0 spiro atoms. The number of aliphatic hydroxyl groups is 1. The maximum atomic E-state index is 15.4. The number of benzene rings is 2. The first-order valence-corrected chi connectivity index (χ1v) is 14.9. The number of hydrogen-bond donors (Lipinski definition) is 3. The Kier molecular flexibility index (Phi) is 8.49. The fourth-order valence-electron chi connectivity index (χ4n) is 6.84. The zero-order valence-corrected chi connectivity index (χ0v) is 24.7. The summed E-state index contributed by atoms with van der Waals surface area (Å²) in [6.45, 7) is 3.59. The van der Waals surface area contributed by atoms with Gasteiger partial charge in [-0.2, -0.15) is 0 Å². The normalized spacial score (nSPS) is 25.4. The number of carbonyl (C=O) groups is 2. The largest absolute Gasteiger partial charge is 0.390 e. The second kappa shape index (κ2) is 11.9. The van der Waals surface area contributed by atoms with Crippen LogP contribution in [0, 0.1) is 11.7 Å². The minimum Gasteiger partial charge on any atom is -0.390 e. The molecule has 0 saturated heterocycles. The van der Waals surface area contributed by atoms with Crippen molar-refractivity contribution in [2.24, 2.45) is 11.7 Å². The van der Waals surface area contributed by atoms with Crippen molar-refractivity contribution in [2.45, 2.75) is 82.4 Å². The van der Waals surface area contributed by atoms with E-state index >= 15 is 4.39 Å². The van der Waals surface area contributed by atoms with Gasteiger partial charge in [-0.05, 0) is 80.2 Å². The van der Waals surface area contributed by atoms with Gasteiger partial charge in [0.2, 0.25) is 11.8 Å². The van der Waals surface area contributed by atoms with E-state index < -0.39 is 17.0 Å². The molecule has 4 N–H and O–H groups in total. The van der Waals surface area contributed by atoms with Crippen LogP contribution in [0.25, 0.3) is 22.3 Å². The van der Waals surface area contributed by atoms with Crippen LogP contribution in [0.3, 0.4) is 0 Å². The van der Waals surface area contributed by atoms with E-state index in [1.54, 1.807) is 19.2 Å². The van der Waals surface area contributed by atoms with Crippen LogP contribution in [0.4, 0.5) is 10.2 Å². The Hall–Kier alpha value is -3.62. The topological polar surface area (TPSA) is 109 Å². The summed E-state index contributed by atoms with van der Waals surface area (Å²) in [6, 6.07) is 16.8. The summed E-state index contributed by atoms with van der Waals surface area (Å²) in [4.78, 5) is 31.5. The molecule has 5 rings (SSSR count). The zero-order valence-electron chi connectivity index (χ0n) is 24.7. The van der Waals surface area contributed by atoms with Gasteiger partial charge >= 0.3 is 0 Å². The summed E-state index contributed by atoms with van der Waals surface area (Å²) in [5, 5.41) is 13.2. The van der Waals surface area contributed by atoms with Gasteiger partial charge < -0.3 is 21.1 Å². The number of carbonyl (C=O) groups excluding carboxylic acids is 2. The first kappa shape index (κ1) is 29.9. The van der Waals surface area contributed by atoms with Crippen molar-refractivity contribution in [2.75, 3.05) is 12.4 Å². The minimum atomic E-state index is -0.886. The Morgan fingerprint density at radius 2 is 1.74 bits per heavy atom. The average molecular weight is 573 g/mol. The van der Waals surface area contributed by atoms with E-state index in [9.17, 15) is 14.7 Å². The molecule has 1 heterocycles. The molecular weight excluding hydrogens is 531 g/mol. The molecule has 2 aliphatic rings. The number of pyridine rings is 1. The standard InChI is InChI=1S/C34H41FN4O3/c1-4-32(41)39(3)25-13-10-22(11-14-25)16-31(40)38-30-18-26(23-8-6-5-7-9-23)27(19-37-30)24-12-15-28(29(35)17-24)34(36)20-33(2,42)21-34/h5-9,12,15,17-19,22,25,42H,4,10-11,13-14,16,20-21,36H2,1-3H3,(H,37,38,40). The molecule has 0 aliphatic heterocycles. The molecule has 2 aromatic carbocycles. The lowest BCUT2D eigenvalue weighted by Gasteiger charge is -2.49. The highest BCUT2D eigenvalue weighted by Gasteiger charge is 2.50. The van der Waals surface area contributed by atoms with Crippen molar-refractivity contribution in [3.05, 3.63) is 72.2 Å². The second-order valence-electron chi connectivity index (χ2n) is 12.5. The van der Waals surface area contributed by atoms with Crippen LogP contribution >= 0.6 is 0 Å². The van der Waals surface area contributed by atoms with Gasteiger partial charge in [-0.25, -0.2) is 9.37 Å². The van der Waals surface area contributed by atoms with Crippen molar-refractivity contribution < 1.29 is 19.1 Å². The minimum absolute atomic E-state index is 0.0873. The molecule has 8 heteroatoms. The number of halogens is 1. The van der Waals surface area contributed by atoms with Crippen LogP contribution in [0.5, 0.6) is 0 Å². The van der Waals surface area contributed by atoms with Crippen molar-refractivity contribution in [3.8, 4) is 22.3 Å². The Morgan fingerprint density at radius 3 is 2.36 bits per heavy atom. The lowest BCUT2D eigenvalue weighted by molar-refractivity contribution is -0.132. The predicted octanol–water partition coefficient (Wildman–Crippen LogP) is 6.01. The molecule has 0 atom stereocenters. The Balaban J connectivity index is 1.31. The number of nitrogens with zero attached hydrogens (tertiary/aromatic N) is 2. The lowest BCUT2D eigenvalue weighted by Crippen LogP contribution is -2.58. The van der Waals surface area contributed by atoms with Gasteiger partial charge in [0.1, 0.15) is 11.6 Å². The molecule has 7 nitrogen and oxygen atoms in total. The lowest BCUT2D eigenvalue weighted by atomic mass is 9.63. The third kappa shape index (κ3) is 6.40. The number of rotatable bonds is 8. The van der Waals surface area contributed by atoms with Gasteiger partial charge in [0.05, 0.1) is 5.60 Å². The molecule has 2 aliphatic carbocycles. The SMILES string of the molecule is CCC(=O)N(C)C1CCC(CC(=O)Nc2cc(-c3ccccc3)c(-c3ccc(C4(N)CC(C)(O)C4)c(F)c3)cn2)CC1. The van der Waals surface area contributed by atoms with Gasteiger partial charge in [-0.1, -0.05) is 49.4 Å². The average Bonchev–Trinajstić information content (AvgIpc) is 2.96. The van der Waals surface area contributed by atoms with Crippen molar-refractivity contribution in [1.82, 2.24) is 9.88 Å². The molecule has 3 aromatic rings. The molecular formula is C34H41FN4O3. The molecule has 222 valence electrons. The number of aromatic nitrogens is 1. The summed E-state index contributed by atoms with van der Waals surface area (Å²) >= 11 is 0. The van der Waals surface area contributed by atoms with Gasteiger partial charge in [0, 0.05) is 48.8 Å². The third-order valence-electron chi connectivity index (χ3n) is 9.00. The van der Waals surface area contributed by atoms with Gasteiger partial charge in [0.15, 0.2) is 0 Å². The number of anilines is 1. The fourth-order valence-corrected chi connectivity index (χ4v) is 6.84. The van der Waals surface area contributed by atoms with Crippen LogP contribution in [0.2, 0.25) is 0 Å². The number of amides is 2. The van der Waals surface area contributed by atoms with E-state index in [1.807, 2.05) is 61.3 Å². The van der Waals surface area contributed by atoms with Crippen molar-refractivity contribution >= 4 is 17.6 Å². The van der Waals surface area contributed by atoms with E-state index in [-0.39, 0.29) is 23.8 Å². The van der Waals surface area contributed by atoms with Crippen molar-refractivity contribution in [3.63, 3.8) is 0 Å². The van der Waals surface area contributed by atoms with Crippen LogP contribution < -0.4 is 11.1 Å². The highest BCUT2D eigenvalue weighted by molar-refractivity contribution is 5.92. The smallest absolute Gasteiger partial charge is 0.225 e. The van der Waals surface area contributed by atoms with Gasteiger partial charge in [0.25, 0.3) is 0 Å². The number of nitrogens with one attached hydrogen (secondary N) is 1. The quantitative estimate of drug-likeness (QED) is 0.306. The number of hydrogen-bond acceptors (Lipinski definition) is 5. The monoisotopic (exact) mass is 572 g/mol. The van der Waals surface area contributed by atoms with E-state index in [4.69, 9.17) is 5.73 Å². The first-order chi connectivity index (χ1) is 20.0. The maximum absolute atomic E-state index is 15.4. The number of nitrogens with two attached hydrogens (primary N) is 1. The van der Waals surface area contributed by atoms with Crippen LogP contribution in [0.15, 0.2) is 60.8 Å². The molecule has 2 fully saturated rings. The third-order valence-corrected chi connectivity index (χ3v) is 9.00. The first-order valence-electron chi connectivity index (χ1n) is 14.9. The van der Waals surface area contributed by atoms with Gasteiger partial charge in [-0.3, -0.25) is 9.59 Å². The Morgan fingerprint density at radius 1 is 1.05 bits per heavy atom. The van der Waals surface area contributed by atoms with Crippen LogP contribution in [-0.4, -0.2) is 45.5 Å². The molecule has 0 radical (unpaired) electrons. The predicted molar refractivity (Wildman–Crippen MR) is 163 cm³/mol. The van der Waals surface area contributed by atoms with Crippen molar-refractivity contribution in [1.29, 1.82) is 0 Å². The van der Waals surface area contributed by atoms with E-state index in [1.165, 1.54) is 6.07 Å². The Bertz CT molecular complexity index is 1440. The molecule has 0 unspecified atom stereocenters. The fraction of sp³-hybridized carbons (Fsp3) is 0.441.